The second-order valence-corrected chi connectivity index (χ2v) is 5.82. The highest BCUT2D eigenvalue weighted by molar-refractivity contribution is 5.76. The van der Waals surface area contributed by atoms with E-state index in [1.54, 1.807) is 0 Å². The van der Waals surface area contributed by atoms with Gasteiger partial charge in [0.05, 0.1) is 0 Å². The fourth-order valence-corrected chi connectivity index (χ4v) is 2.71. The number of hydrogen-bond donors (Lipinski definition) is 2. The van der Waals surface area contributed by atoms with Gasteiger partial charge in [0.25, 0.3) is 0 Å². The molecule has 3 N–H and O–H groups in total. The van der Waals surface area contributed by atoms with Crippen molar-refractivity contribution in [3.8, 4) is 0 Å². The maximum absolute atomic E-state index is 11.6. The minimum absolute atomic E-state index is 0.159. The van der Waals surface area contributed by atoms with Crippen LogP contribution in [0.1, 0.15) is 52.4 Å². The van der Waals surface area contributed by atoms with E-state index in [0.717, 1.165) is 24.8 Å². The highest BCUT2D eigenvalue weighted by Crippen LogP contribution is 2.30. The number of rotatable bonds is 6. The highest BCUT2D eigenvalue weighted by atomic mass is 16.1. The van der Waals surface area contributed by atoms with Crippen LogP contribution in [0, 0.1) is 17.8 Å². The van der Waals surface area contributed by atoms with Crippen LogP contribution in [0.4, 0.5) is 0 Å². The molecule has 1 saturated carbocycles. The topological polar surface area (TPSA) is 55.1 Å². The standard InChI is InChI=1S/C14H28N2O/c1-11-4-3-5-13(8-11)6-7-16-14(17)9-12(2)10-15/h11-13H,3-10,15H2,1-2H3,(H,16,17). The molecule has 0 aromatic carbocycles. The molecule has 1 rings (SSSR count). The second kappa shape index (κ2) is 7.70. The van der Waals surface area contributed by atoms with E-state index in [1.807, 2.05) is 6.92 Å². The monoisotopic (exact) mass is 240 g/mol. The minimum Gasteiger partial charge on any atom is -0.356 e. The van der Waals surface area contributed by atoms with Crippen LogP contribution in [0.3, 0.4) is 0 Å². The molecule has 3 heteroatoms. The second-order valence-electron chi connectivity index (χ2n) is 5.82. The molecule has 0 saturated heterocycles. The van der Waals surface area contributed by atoms with Gasteiger partial charge in [0.1, 0.15) is 0 Å². The Morgan fingerprint density at radius 3 is 2.88 bits per heavy atom. The van der Waals surface area contributed by atoms with Crippen molar-refractivity contribution in [3.63, 3.8) is 0 Å². The van der Waals surface area contributed by atoms with Crippen molar-refractivity contribution < 1.29 is 4.79 Å². The van der Waals surface area contributed by atoms with Crippen LogP contribution in [0.2, 0.25) is 0 Å². The lowest BCUT2D eigenvalue weighted by Gasteiger charge is -2.26. The molecule has 3 atom stereocenters. The third-order valence-electron chi connectivity index (χ3n) is 3.86. The summed E-state index contributed by atoms with van der Waals surface area (Å²) in [5.41, 5.74) is 5.50. The van der Waals surface area contributed by atoms with Gasteiger partial charge < -0.3 is 11.1 Å². The molecule has 0 aromatic rings. The van der Waals surface area contributed by atoms with Gasteiger partial charge in [0.2, 0.25) is 5.91 Å². The first-order valence-corrected chi connectivity index (χ1v) is 7.08. The molecule has 0 bridgehead atoms. The molecule has 0 spiro atoms. The molecule has 1 fully saturated rings. The van der Waals surface area contributed by atoms with Crippen molar-refractivity contribution in [2.24, 2.45) is 23.5 Å². The Morgan fingerprint density at radius 1 is 1.47 bits per heavy atom. The van der Waals surface area contributed by atoms with Crippen molar-refractivity contribution in [1.82, 2.24) is 5.32 Å². The zero-order valence-corrected chi connectivity index (χ0v) is 11.4. The van der Waals surface area contributed by atoms with Crippen LogP contribution in [0.5, 0.6) is 0 Å². The molecule has 0 aliphatic heterocycles. The van der Waals surface area contributed by atoms with Gasteiger partial charge in [-0.15, -0.1) is 0 Å². The van der Waals surface area contributed by atoms with Gasteiger partial charge in [-0.2, -0.15) is 0 Å². The Hall–Kier alpha value is -0.570. The Balaban J connectivity index is 2.08. The summed E-state index contributed by atoms with van der Waals surface area (Å²) < 4.78 is 0. The fourth-order valence-electron chi connectivity index (χ4n) is 2.71. The Bertz CT molecular complexity index is 230. The highest BCUT2D eigenvalue weighted by Gasteiger charge is 2.18. The average molecular weight is 240 g/mol. The fraction of sp³-hybridized carbons (Fsp3) is 0.929. The summed E-state index contributed by atoms with van der Waals surface area (Å²) >= 11 is 0. The molecule has 0 radical (unpaired) electrons. The molecule has 1 aliphatic carbocycles. The normalized spacial score (nSPS) is 26.5. The van der Waals surface area contributed by atoms with Gasteiger partial charge in [-0.3, -0.25) is 4.79 Å². The van der Waals surface area contributed by atoms with Gasteiger partial charge in [-0.25, -0.2) is 0 Å². The maximum atomic E-state index is 11.6. The van der Waals surface area contributed by atoms with Crippen molar-refractivity contribution in [3.05, 3.63) is 0 Å². The van der Waals surface area contributed by atoms with Crippen molar-refractivity contribution in [1.29, 1.82) is 0 Å². The molecule has 1 amide bonds. The van der Waals surface area contributed by atoms with Gasteiger partial charge in [0.15, 0.2) is 0 Å². The van der Waals surface area contributed by atoms with Crippen LogP contribution in [0.15, 0.2) is 0 Å². The molecule has 100 valence electrons. The van der Waals surface area contributed by atoms with Crippen LogP contribution in [0.25, 0.3) is 0 Å². The Morgan fingerprint density at radius 2 is 2.24 bits per heavy atom. The third kappa shape index (κ3) is 6.06. The summed E-state index contributed by atoms with van der Waals surface area (Å²) in [7, 11) is 0. The summed E-state index contributed by atoms with van der Waals surface area (Å²) in [4.78, 5) is 11.6. The van der Waals surface area contributed by atoms with E-state index in [9.17, 15) is 4.79 Å². The molecule has 3 unspecified atom stereocenters. The number of nitrogens with two attached hydrogens (primary N) is 1. The lowest BCUT2D eigenvalue weighted by Crippen LogP contribution is -2.29. The summed E-state index contributed by atoms with van der Waals surface area (Å²) in [6.07, 6.45) is 7.15. The van der Waals surface area contributed by atoms with E-state index >= 15 is 0 Å². The maximum Gasteiger partial charge on any atom is 0.220 e. The molecule has 3 nitrogen and oxygen atoms in total. The van der Waals surface area contributed by atoms with Crippen molar-refractivity contribution in [2.75, 3.05) is 13.1 Å². The summed E-state index contributed by atoms with van der Waals surface area (Å²) in [6.45, 7) is 5.79. The van der Waals surface area contributed by atoms with Gasteiger partial charge in [-0.05, 0) is 37.1 Å². The third-order valence-corrected chi connectivity index (χ3v) is 3.86. The summed E-state index contributed by atoms with van der Waals surface area (Å²) in [5.74, 6) is 2.16. The van der Waals surface area contributed by atoms with E-state index in [1.165, 1.54) is 25.7 Å². The smallest absolute Gasteiger partial charge is 0.220 e. The number of carbonyl (C=O) groups is 1. The molecule has 17 heavy (non-hydrogen) atoms. The van der Waals surface area contributed by atoms with E-state index < -0.39 is 0 Å². The predicted octanol–water partition coefficient (Wildman–Crippen LogP) is 2.30. The predicted molar refractivity (Wildman–Crippen MR) is 71.6 cm³/mol. The molecular formula is C14H28N2O. The summed E-state index contributed by atoms with van der Waals surface area (Å²) in [5, 5.41) is 3.02. The first kappa shape index (κ1) is 14.5. The SMILES string of the molecule is CC(CN)CC(=O)NCCC1CCCC(C)C1. The van der Waals surface area contributed by atoms with E-state index in [0.29, 0.717) is 18.9 Å². The van der Waals surface area contributed by atoms with Crippen molar-refractivity contribution in [2.45, 2.75) is 52.4 Å². The van der Waals surface area contributed by atoms with E-state index in [2.05, 4.69) is 12.2 Å². The zero-order chi connectivity index (χ0) is 12.7. The van der Waals surface area contributed by atoms with Crippen LogP contribution < -0.4 is 11.1 Å². The quantitative estimate of drug-likeness (QED) is 0.748. The minimum atomic E-state index is 0.159. The largest absolute Gasteiger partial charge is 0.356 e. The average Bonchev–Trinajstić information content (AvgIpc) is 2.29. The zero-order valence-electron chi connectivity index (χ0n) is 11.4. The van der Waals surface area contributed by atoms with E-state index in [4.69, 9.17) is 5.73 Å². The van der Waals surface area contributed by atoms with Crippen LogP contribution in [-0.2, 0) is 4.79 Å². The first-order chi connectivity index (χ1) is 8.11. The molecular weight excluding hydrogens is 212 g/mol. The van der Waals surface area contributed by atoms with Crippen LogP contribution in [-0.4, -0.2) is 19.0 Å². The van der Waals surface area contributed by atoms with Crippen molar-refractivity contribution >= 4 is 5.91 Å². The lowest BCUT2D eigenvalue weighted by atomic mass is 9.81. The van der Waals surface area contributed by atoms with Gasteiger partial charge in [0, 0.05) is 13.0 Å². The summed E-state index contributed by atoms with van der Waals surface area (Å²) in [6, 6.07) is 0. The van der Waals surface area contributed by atoms with Crippen LogP contribution >= 0.6 is 0 Å². The Labute approximate surface area is 106 Å². The number of hydrogen-bond acceptors (Lipinski definition) is 2. The lowest BCUT2D eigenvalue weighted by molar-refractivity contribution is -0.121. The van der Waals surface area contributed by atoms with Gasteiger partial charge in [-0.1, -0.05) is 33.1 Å². The number of carbonyl (C=O) groups excluding carboxylic acids is 1. The molecule has 1 aliphatic rings. The number of amides is 1. The van der Waals surface area contributed by atoms with Gasteiger partial charge >= 0.3 is 0 Å². The number of nitrogens with one attached hydrogen (secondary N) is 1. The molecule has 0 heterocycles. The first-order valence-electron chi connectivity index (χ1n) is 7.08. The van der Waals surface area contributed by atoms with E-state index in [-0.39, 0.29) is 5.91 Å². The molecule has 0 aromatic heterocycles. The Kier molecular flexibility index (Phi) is 6.56.